The molecular weight excluding hydrogens is 316 g/mol. The second-order valence-electron chi connectivity index (χ2n) is 7.05. The number of carbonyl (C=O) groups is 3. The van der Waals surface area contributed by atoms with E-state index in [2.05, 4.69) is 30.8 Å². The lowest BCUT2D eigenvalue weighted by molar-refractivity contribution is -0.149. The van der Waals surface area contributed by atoms with Crippen LogP contribution in [0.3, 0.4) is 0 Å². The summed E-state index contributed by atoms with van der Waals surface area (Å²) >= 11 is 0. The minimum atomic E-state index is -1.24. The second kappa shape index (κ2) is 8.43. The molecule has 138 valence electrons. The number of rotatable bonds is 8. The summed E-state index contributed by atoms with van der Waals surface area (Å²) in [6.45, 7) is 6.26. The number of carbonyl (C=O) groups excluding carboxylic acids is 2. The van der Waals surface area contributed by atoms with Crippen molar-refractivity contribution in [2.45, 2.75) is 58.2 Å². The maximum Gasteiger partial charge on any atom is 0.330 e. The number of hydrogen-bond donors (Lipinski definition) is 3. The average molecular weight is 344 g/mol. The third kappa shape index (κ3) is 5.45. The van der Waals surface area contributed by atoms with Crippen LogP contribution >= 0.6 is 0 Å². The molecule has 0 aromatic rings. The Morgan fingerprint density at radius 2 is 2.00 bits per heavy atom. The van der Waals surface area contributed by atoms with Crippen LogP contribution < -0.4 is 11.1 Å². The number of nitrogens with two attached hydrogens (primary N) is 1. The molecule has 1 aliphatic carbocycles. The van der Waals surface area contributed by atoms with Crippen LogP contribution in [-0.4, -0.2) is 54.9 Å². The van der Waals surface area contributed by atoms with Gasteiger partial charge in [-0.1, -0.05) is 20.8 Å². The molecule has 1 fully saturated rings. The lowest BCUT2D eigenvalue weighted by Crippen LogP contribution is -2.52. The molecule has 0 bridgehead atoms. The molecule has 0 saturated heterocycles. The van der Waals surface area contributed by atoms with Crippen LogP contribution in [0.1, 0.15) is 40.0 Å². The molecule has 4 atom stereocenters. The normalized spacial score (nSPS) is 24.9. The highest BCUT2D eigenvalue weighted by Gasteiger charge is 2.41. The van der Waals surface area contributed by atoms with E-state index in [0.29, 0.717) is 5.92 Å². The van der Waals surface area contributed by atoms with Crippen molar-refractivity contribution in [2.75, 3.05) is 13.7 Å². The first-order chi connectivity index (χ1) is 11.1. The number of carboxylic acids is 1. The van der Waals surface area contributed by atoms with Gasteiger partial charge in [-0.25, -0.2) is 4.79 Å². The summed E-state index contributed by atoms with van der Waals surface area (Å²) in [7, 11) is 1.21. The Morgan fingerprint density at radius 1 is 1.38 bits per heavy atom. The lowest BCUT2D eigenvalue weighted by atomic mass is 9.87. The third-order valence-corrected chi connectivity index (χ3v) is 4.51. The molecule has 0 radical (unpaired) electrons. The highest BCUT2D eigenvalue weighted by molar-refractivity contribution is 5.89. The van der Waals surface area contributed by atoms with Gasteiger partial charge in [-0.05, 0) is 24.2 Å². The van der Waals surface area contributed by atoms with Crippen molar-refractivity contribution in [3.8, 4) is 0 Å². The molecule has 0 aromatic carbocycles. The van der Waals surface area contributed by atoms with Crippen molar-refractivity contribution in [3.63, 3.8) is 0 Å². The summed E-state index contributed by atoms with van der Waals surface area (Å²) in [5, 5.41) is 11.1. The van der Waals surface area contributed by atoms with Crippen molar-refractivity contribution in [1.82, 2.24) is 5.32 Å². The zero-order valence-electron chi connectivity index (χ0n) is 14.7. The number of aliphatic carboxylic acids is 1. The fourth-order valence-electron chi connectivity index (χ4n) is 3.12. The number of carboxylic acid groups (broad SMARTS) is 1. The van der Waals surface area contributed by atoms with E-state index in [1.165, 1.54) is 7.11 Å². The van der Waals surface area contributed by atoms with Crippen molar-refractivity contribution < 1.29 is 29.0 Å². The quantitative estimate of drug-likeness (QED) is 0.540. The van der Waals surface area contributed by atoms with Gasteiger partial charge in [0.25, 0.3) is 0 Å². The Hall–Kier alpha value is -1.67. The minimum Gasteiger partial charge on any atom is -0.481 e. The highest BCUT2D eigenvalue weighted by atomic mass is 16.5. The summed E-state index contributed by atoms with van der Waals surface area (Å²) in [6.07, 6.45) is 1.51. The smallest absolute Gasteiger partial charge is 0.330 e. The first-order valence-electron chi connectivity index (χ1n) is 8.05. The van der Waals surface area contributed by atoms with Gasteiger partial charge in [0, 0.05) is 0 Å². The van der Waals surface area contributed by atoms with E-state index in [4.69, 9.17) is 15.6 Å². The summed E-state index contributed by atoms with van der Waals surface area (Å²) in [5.74, 6) is -2.22. The molecule has 1 rings (SSSR count). The molecule has 0 heterocycles. The first kappa shape index (κ1) is 20.4. The zero-order valence-corrected chi connectivity index (χ0v) is 14.7. The molecule has 1 saturated carbocycles. The number of esters is 1. The second-order valence-corrected chi connectivity index (χ2v) is 7.05. The van der Waals surface area contributed by atoms with Gasteiger partial charge in [0.1, 0.15) is 0 Å². The SMILES string of the molecule is COC(=O)[C@H](COC1C(C)CCC1(C)C)NC(=O)[C@@H](N)CC(=O)O. The summed E-state index contributed by atoms with van der Waals surface area (Å²) in [4.78, 5) is 34.4. The summed E-state index contributed by atoms with van der Waals surface area (Å²) in [6, 6.07) is -2.26. The Bertz CT molecular complexity index is 479. The highest BCUT2D eigenvalue weighted by Crippen LogP contribution is 2.43. The van der Waals surface area contributed by atoms with E-state index in [0.717, 1.165) is 12.8 Å². The number of methoxy groups -OCH3 is 1. The fraction of sp³-hybridized carbons (Fsp3) is 0.812. The van der Waals surface area contributed by atoms with Crippen LogP contribution in [0.15, 0.2) is 0 Å². The van der Waals surface area contributed by atoms with Crippen LogP contribution in [0.5, 0.6) is 0 Å². The molecule has 0 spiro atoms. The topological polar surface area (TPSA) is 128 Å². The summed E-state index contributed by atoms with van der Waals surface area (Å²) in [5.41, 5.74) is 5.50. The van der Waals surface area contributed by atoms with Gasteiger partial charge < -0.3 is 25.6 Å². The Labute approximate surface area is 142 Å². The van der Waals surface area contributed by atoms with Gasteiger partial charge >= 0.3 is 11.9 Å². The van der Waals surface area contributed by atoms with Gasteiger partial charge in [-0.2, -0.15) is 0 Å². The maximum atomic E-state index is 11.9. The van der Waals surface area contributed by atoms with Gasteiger partial charge in [0.2, 0.25) is 5.91 Å². The average Bonchev–Trinajstić information content (AvgIpc) is 2.75. The Balaban J connectivity index is 2.67. The number of hydrogen-bond acceptors (Lipinski definition) is 6. The van der Waals surface area contributed by atoms with E-state index in [1.54, 1.807) is 0 Å². The number of ether oxygens (including phenoxy) is 2. The largest absolute Gasteiger partial charge is 0.481 e. The first-order valence-corrected chi connectivity index (χ1v) is 8.05. The molecule has 0 aromatic heterocycles. The predicted molar refractivity (Wildman–Crippen MR) is 86.1 cm³/mol. The van der Waals surface area contributed by atoms with E-state index >= 15 is 0 Å². The Kier molecular flexibility index (Phi) is 7.16. The zero-order chi connectivity index (χ0) is 18.5. The number of nitrogens with one attached hydrogen (secondary N) is 1. The molecule has 24 heavy (non-hydrogen) atoms. The van der Waals surface area contributed by atoms with Gasteiger partial charge in [0.05, 0.1) is 32.3 Å². The van der Waals surface area contributed by atoms with Crippen molar-refractivity contribution >= 4 is 17.8 Å². The molecule has 0 aliphatic heterocycles. The van der Waals surface area contributed by atoms with Crippen LogP contribution in [-0.2, 0) is 23.9 Å². The minimum absolute atomic E-state index is 0.0101. The van der Waals surface area contributed by atoms with Gasteiger partial charge in [-0.15, -0.1) is 0 Å². The monoisotopic (exact) mass is 344 g/mol. The standard InChI is InChI=1S/C16H28N2O6/c1-9-5-6-16(2,3)13(9)24-8-11(15(22)23-4)18-14(21)10(17)7-12(19)20/h9-11,13H,5-8,17H2,1-4H3,(H,18,21)(H,19,20)/t9?,10-,11-,13?/m0/s1. The summed E-state index contributed by atoms with van der Waals surface area (Å²) < 4.78 is 10.6. The van der Waals surface area contributed by atoms with Crippen molar-refractivity contribution in [1.29, 1.82) is 0 Å². The molecular formula is C16H28N2O6. The molecule has 2 unspecified atom stereocenters. The molecule has 8 nitrogen and oxygen atoms in total. The van der Waals surface area contributed by atoms with E-state index in [9.17, 15) is 14.4 Å². The van der Waals surface area contributed by atoms with Crippen LogP contribution in [0.25, 0.3) is 0 Å². The molecule has 1 amide bonds. The maximum absolute atomic E-state index is 11.9. The van der Waals surface area contributed by atoms with Crippen LogP contribution in [0, 0.1) is 11.3 Å². The van der Waals surface area contributed by atoms with E-state index in [1.807, 2.05) is 0 Å². The molecule has 1 aliphatic rings. The lowest BCUT2D eigenvalue weighted by Gasteiger charge is -2.31. The van der Waals surface area contributed by atoms with Crippen molar-refractivity contribution in [3.05, 3.63) is 0 Å². The number of amides is 1. The molecule has 4 N–H and O–H groups in total. The molecule has 8 heteroatoms. The third-order valence-electron chi connectivity index (χ3n) is 4.51. The van der Waals surface area contributed by atoms with Gasteiger partial charge in [-0.3, -0.25) is 9.59 Å². The van der Waals surface area contributed by atoms with Crippen molar-refractivity contribution in [2.24, 2.45) is 17.1 Å². The van der Waals surface area contributed by atoms with E-state index < -0.39 is 36.4 Å². The van der Waals surface area contributed by atoms with Crippen LogP contribution in [0.4, 0.5) is 0 Å². The van der Waals surface area contributed by atoms with E-state index in [-0.39, 0.29) is 18.1 Å². The predicted octanol–water partition coefficient (Wildman–Crippen LogP) is 0.288. The van der Waals surface area contributed by atoms with Crippen LogP contribution in [0.2, 0.25) is 0 Å². The fourth-order valence-corrected chi connectivity index (χ4v) is 3.12. The van der Waals surface area contributed by atoms with Gasteiger partial charge in [0.15, 0.2) is 6.04 Å². The Morgan fingerprint density at radius 3 is 2.46 bits per heavy atom.